The average molecular weight is 336 g/mol. The summed E-state index contributed by atoms with van der Waals surface area (Å²) in [5.74, 6) is -0.0405. The van der Waals surface area contributed by atoms with Crippen LogP contribution >= 0.6 is 0 Å². The standard InChI is InChI=1S/C19H24N6/c20-19(21)23-22-14-16-6-8-18(9-7-16)25-12-10-24(11-13-25)15-17-4-2-1-3-5-17/h1-9,14H,10-13,15H2,(H4,20,21,23). The molecule has 0 spiro atoms. The maximum Gasteiger partial charge on any atom is 0.211 e. The zero-order valence-corrected chi connectivity index (χ0v) is 14.3. The maximum atomic E-state index is 5.24. The molecule has 1 fully saturated rings. The van der Waals surface area contributed by atoms with Crippen molar-refractivity contribution in [3.8, 4) is 0 Å². The first kappa shape index (κ1) is 17.0. The van der Waals surface area contributed by atoms with Crippen LogP contribution in [0.1, 0.15) is 11.1 Å². The van der Waals surface area contributed by atoms with Crippen molar-refractivity contribution in [3.05, 3.63) is 65.7 Å². The third-order valence-electron chi connectivity index (χ3n) is 4.26. The molecule has 2 aromatic carbocycles. The predicted octanol–water partition coefficient (Wildman–Crippen LogP) is 1.62. The Balaban J connectivity index is 1.52. The SMILES string of the molecule is NC(N)=NN=Cc1ccc(N2CCN(Cc3ccccc3)CC2)cc1. The molecule has 2 aromatic rings. The Labute approximate surface area is 148 Å². The average Bonchev–Trinajstić information content (AvgIpc) is 2.64. The molecule has 1 aliphatic heterocycles. The first-order valence-corrected chi connectivity index (χ1v) is 8.44. The van der Waals surface area contributed by atoms with Crippen molar-refractivity contribution in [2.75, 3.05) is 31.1 Å². The topological polar surface area (TPSA) is 83.2 Å². The molecule has 0 aromatic heterocycles. The summed E-state index contributed by atoms with van der Waals surface area (Å²) in [5, 5.41) is 7.43. The Bertz CT molecular complexity index is 711. The van der Waals surface area contributed by atoms with Crippen molar-refractivity contribution < 1.29 is 0 Å². The van der Waals surface area contributed by atoms with E-state index in [0.717, 1.165) is 38.3 Å². The van der Waals surface area contributed by atoms with Gasteiger partial charge >= 0.3 is 0 Å². The fourth-order valence-corrected chi connectivity index (χ4v) is 2.94. The van der Waals surface area contributed by atoms with Crippen molar-refractivity contribution in [1.29, 1.82) is 0 Å². The molecule has 0 amide bonds. The molecule has 25 heavy (non-hydrogen) atoms. The quantitative estimate of drug-likeness (QED) is 0.494. The summed E-state index contributed by atoms with van der Waals surface area (Å²) < 4.78 is 0. The normalized spacial score (nSPS) is 15.4. The van der Waals surface area contributed by atoms with E-state index in [9.17, 15) is 0 Å². The maximum absolute atomic E-state index is 5.24. The third-order valence-corrected chi connectivity index (χ3v) is 4.26. The molecular weight excluding hydrogens is 312 g/mol. The highest BCUT2D eigenvalue weighted by molar-refractivity contribution is 5.82. The molecule has 4 N–H and O–H groups in total. The highest BCUT2D eigenvalue weighted by Crippen LogP contribution is 2.18. The Hall–Kier alpha value is -2.86. The molecule has 1 aliphatic rings. The predicted molar refractivity (Wildman–Crippen MR) is 104 cm³/mol. The number of anilines is 1. The van der Waals surface area contributed by atoms with Crippen LogP contribution in [0.25, 0.3) is 0 Å². The van der Waals surface area contributed by atoms with Gasteiger partial charge in [0, 0.05) is 38.4 Å². The van der Waals surface area contributed by atoms with E-state index >= 15 is 0 Å². The van der Waals surface area contributed by atoms with E-state index in [0.29, 0.717) is 0 Å². The fraction of sp³-hybridized carbons (Fsp3) is 0.263. The van der Waals surface area contributed by atoms with Gasteiger partial charge in [-0.3, -0.25) is 4.90 Å². The molecule has 0 aliphatic carbocycles. The first-order valence-electron chi connectivity index (χ1n) is 8.44. The van der Waals surface area contributed by atoms with Gasteiger partial charge in [-0.2, -0.15) is 5.10 Å². The van der Waals surface area contributed by atoms with Gasteiger partial charge < -0.3 is 16.4 Å². The van der Waals surface area contributed by atoms with E-state index in [1.807, 2.05) is 12.1 Å². The van der Waals surface area contributed by atoms with Crippen LogP contribution in [0.3, 0.4) is 0 Å². The molecule has 0 unspecified atom stereocenters. The summed E-state index contributed by atoms with van der Waals surface area (Å²) in [4.78, 5) is 4.92. The lowest BCUT2D eigenvalue weighted by Gasteiger charge is -2.36. The van der Waals surface area contributed by atoms with Gasteiger partial charge in [0.15, 0.2) is 0 Å². The van der Waals surface area contributed by atoms with E-state index in [4.69, 9.17) is 11.5 Å². The number of nitrogens with two attached hydrogens (primary N) is 2. The van der Waals surface area contributed by atoms with Gasteiger partial charge in [0.2, 0.25) is 5.96 Å². The third kappa shape index (κ3) is 5.06. The summed E-state index contributed by atoms with van der Waals surface area (Å²) in [7, 11) is 0. The van der Waals surface area contributed by atoms with Gasteiger partial charge in [0.05, 0.1) is 6.21 Å². The van der Waals surface area contributed by atoms with Crippen LogP contribution in [0.4, 0.5) is 5.69 Å². The van der Waals surface area contributed by atoms with E-state index in [2.05, 4.69) is 62.5 Å². The Morgan fingerprint density at radius 1 is 0.920 bits per heavy atom. The lowest BCUT2D eigenvalue weighted by Crippen LogP contribution is -2.45. The number of hydrogen-bond donors (Lipinski definition) is 2. The fourth-order valence-electron chi connectivity index (χ4n) is 2.94. The summed E-state index contributed by atoms with van der Waals surface area (Å²) in [6.07, 6.45) is 1.64. The molecular formula is C19H24N6. The number of piperazine rings is 1. The second-order valence-corrected chi connectivity index (χ2v) is 6.11. The molecule has 3 rings (SSSR count). The van der Waals surface area contributed by atoms with E-state index in [1.54, 1.807) is 6.21 Å². The second-order valence-electron chi connectivity index (χ2n) is 6.11. The largest absolute Gasteiger partial charge is 0.369 e. The molecule has 0 radical (unpaired) electrons. The number of guanidine groups is 1. The molecule has 6 nitrogen and oxygen atoms in total. The molecule has 1 saturated heterocycles. The molecule has 0 saturated carbocycles. The van der Waals surface area contributed by atoms with E-state index < -0.39 is 0 Å². The van der Waals surface area contributed by atoms with Crippen molar-refractivity contribution in [2.24, 2.45) is 21.7 Å². The van der Waals surface area contributed by atoms with Gasteiger partial charge in [0.25, 0.3) is 0 Å². The van der Waals surface area contributed by atoms with Crippen LogP contribution < -0.4 is 16.4 Å². The van der Waals surface area contributed by atoms with Crippen molar-refractivity contribution in [3.63, 3.8) is 0 Å². The van der Waals surface area contributed by atoms with Crippen molar-refractivity contribution in [2.45, 2.75) is 6.54 Å². The van der Waals surface area contributed by atoms with Gasteiger partial charge in [-0.15, -0.1) is 5.10 Å². The van der Waals surface area contributed by atoms with Crippen molar-refractivity contribution >= 4 is 17.9 Å². The minimum atomic E-state index is -0.0405. The summed E-state index contributed by atoms with van der Waals surface area (Å²) in [6.45, 7) is 5.24. The van der Waals surface area contributed by atoms with Crippen LogP contribution in [0.15, 0.2) is 64.8 Å². The summed E-state index contributed by atoms with van der Waals surface area (Å²) >= 11 is 0. The summed E-state index contributed by atoms with van der Waals surface area (Å²) in [5.41, 5.74) is 14.1. The number of benzene rings is 2. The summed E-state index contributed by atoms with van der Waals surface area (Å²) in [6, 6.07) is 18.9. The van der Waals surface area contributed by atoms with Gasteiger partial charge in [0.1, 0.15) is 0 Å². The Morgan fingerprint density at radius 2 is 1.60 bits per heavy atom. The van der Waals surface area contributed by atoms with Crippen LogP contribution in [-0.2, 0) is 6.54 Å². The van der Waals surface area contributed by atoms with Crippen LogP contribution in [0.5, 0.6) is 0 Å². The zero-order chi connectivity index (χ0) is 17.5. The van der Waals surface area contributed by atoms with Crippen LogP contribution in [0.2, 0.25) is 0 Å². The smallest absolute Gasteiger partial charge is 0.211 e. The number of rotatable bonds is 5. The van der Waals surface area contributed by atoms with Crippen molar-refractivity contribution in [1.82, 2.24) is 4.90 Å². The Kier molecular flexibility index (Phi) is 5.64. The second kappa shape index (κ2) is 8.30. The molecule has 130 valence electrons. The van der Waals surface area contributed by atoms with Crippen LogP contribution in [-0.4, -0.2) is 43.3 Å². The molecule has 1 heterocycles. The van der Waals surface area contributed by atoms with Gasteiger partial charge in [-0.25, -0.2) is 0 Å². The van der Waals surface area contributed by atoms with Gasteiger partial charge in [-0.1, -0.05) is 42.5 Å². The number of nitrogens with zero attached hydrogens (tertiary/aromatic N) is 4. The van der Waals surface area contributed by atoms with E-state index in [-0.39, 0.29) is 5.96 Å². The van der Waals surface area contributed by atoms with Gasteiger partial charge in [-0.05, 0) is 23.3 Å². The highest BCUT2D eigenvalue weighted by Gasteiger charge is 2.17. The molecule has 0 bridgehead atoms. The molecule has 0 atom stereocenters. The lowest BCUT2D eigenvalue weighted by atomic mass is 10.1. The minimum Gasteiger partial charge on any atom is -0.369 e. The van der Waals surface area contributed by atoms with Crippen LogP contribution in [0, 0.1) is 0 Å². The minimum absolute atomic E-state index is 0.0405. The first-order chi connectivity index (χ1) is 12.2. The zero-order valence-electron chi connectivity index (χ0n) is 14.3. The number of hydrogen-bond acceptors (Lipinski definition) is 4. The highest BCUT2D eigenvalue weighted by atomic mass is 15.3. The Morgan fingerprint density at radius 3 is 2.24 bits per heavy atom. The van der Waals surface area contributed by atoms with E-state index in [1.165, 1.54) is 11.3 Å². The monoisotopic (exact) mass is 336 g/mol. The molecule has 6 heteroatoms. The lowest BCUT2D eigenvalue weighted by molar-refractivity contribution is 0.250.